The largest absolute Gasteiger partial charge is 0.383 e. The van der Waals surface area contributed by atoms with E-state index in [2.05, 4.69) is 10.3 Å². The van der Waals surface area contributed by atoms with Gasteiger partial charge in [-0.15, -0.1) is 0 Å². The molecule has 1 aliphatic heterocycles. The minimum absolute atomic E-state index is 0.178. The van der Waals surface area contributed by atoms with Crippen molar-refractivity contribution >= 4 is 22.0 Å². The lowest BCUT2D eigenvalue weighted by Gasteiger charge is -2.24. The Bertz CT molecular complexity index is 586. The summed E-state index contributed by atoms with van der Waals surface area (Å²) in [4.78, 5) is 4.43. The maximum Gasteiger partial charge on any atom is 0.267 e. The molecule has 0 saturated carbocycles. The number of fused-ring (bicyclic) bond motifs is 1. The van der Waals surface area contributed by atoms with Crippen LogP contribution in [0.3, 0.4) is 0 Å². The van der Waals surface area contributed by atoms with E-state index in [1.54, 1.807) is 31.4 Å². The monoisotopic (exact) mass is 297 g/mol. The van der Waals surface area contributed by atoms with Crippen LogP contribution in [0.4, 0.5) is 5.69 Å². The molecule has 0 bridgehead atoms. The molecule has 1 aromatic carbocycles. The summed E-state index contributed by atoms with van der Waals surface area (Å²) in [5.41, 5.74) is 0.490. The van der Waals surface area contributed by atoms with Crippen molar-refractivity contribution in [3.8, 4) is 0 Å². The van der Waals surface area contributed by atoms with Gasteiger partial charge in [0.1, 0.15) is 11.2 Å². The highest BCUT2D eigenvalue weighted by atomic mass is 32.2. The molecule has 1 aliphatic rings. The van der Waals surface area contributed by atoms with Crippen molar-refractivity contribution in [2.45, 2.75) is 17.9 Å². The van der Waals surface area contributed by atoms with Gasteiger partial charge in [0, 0.05) is 26.2 Å². The average Bonchev–Trinajstić information content (AvgIpc) is 2.42. The summed E-state index contributed by atoms with van der Waals surface area (Å²) in [6.07, 6.45) is 1.38. The van der Waals surface area contributed by atoms with Crippen LogP contribution in [0.15, 0.2) is 34.2 Å². The fourth-order valence-electron chi connectivity index (χ4n) is 2.00. The van der Waals surface area contributed by atoms with Gasteiger partial charge in [-0.2, -0.15) is 0 Å². The lowest BCUT2D eigenvalue weighted by Crippen LogP contribution is -2.40. The molecule has 0 radical (unpaired) electrons. The van der Waals surface area contributed by atoms with Crippen LogP contribution < -0.4 is 5.32 Å². The van der Waals surface area contributed by atoms with Gasteiger partial charge in [-0.05, 0) is 19.1 Å². The Morgan fingerprint density at radius 2 is 2.15 bits per heavy atom. The lowest BCUT2D eigenvalue weighted by atomic mass is 10.3. The molecule has 1 unspecified atom stereocenters. The minimum Gasteiger partial charge on any atom is -0.383 e. The molecule has 20 heavy (non-hydrogen) atoms. The van der Waals surface area contributed by atoms with Gasteiger partial charge in [0.15, 0.2) is 0 Å². The number of methoxy groups -OCH3 is 1. The Kier molecular flexibility index (Phi) is 4.74. The van der Waals surface area contributed by atoms with Crippen molar-refractivity contribution in [2.24, 2.45) is 4.99 Å². The number of nitrogens with one attached hydrogen (secondary N) is 1. The Hall–Kier alpha value is -1.44. The van der Waals surface area contributed by atoms with E-state index in [-0.39, 0.29) is 10.9 Å². The van der Waals surface area contributed by atoms with Crippen molar-refractivity contribution in [1.29, 1.82) is 0 Å². The summed E-state index contributed by atoms with van der Waals surface area (Å²) >= 11 is 0. The predicted octanol–water partition coefficient (Wildman–Crippen LogP) is 0.975. The van der Waals surface area contributed by atoms with E-state index in [9.17, 15) is 8.42 Å². The van der Waals surface area contributed by atoms with E-state index < -0.39 is 10.0 Å². The summed E-state index contributed by atoms with van der Waals surface area (Å²) in [6, 6.07) is 6.93. The lowest BCUT2D eigenvalue weighted by molar-refractivity contribution is 0.172. The van der Waals surface area contributed by atoms with E-state index >= 15 is 0 Å². The molecule has 0 aromatic heterocycles. The topological polar surface area (TPSA) is 71.0 Å². The normalized spacial score (nSPS) is 17.8. The average molecular weight is 297 g/mol. The van der Waals surface area contributed by atoms with Crippen LogP contribution in [-0.2, 0) is 14.8 Å². The summed E-state index contributed by atoms with van der Waals surface area (Å²) in [5.74, 6) is 0. The van der Waals surface area contributed by atoms with E-state index in [0.717, 1.165) is 0 Å². The van der Waals surface area contributed by atoms with Crippen molar-refractivity contribution < 1.29 is 13.2 Å². The second-order valence-corrected chi connectivity index (χ2v) is 6.50. The molecule has 1 aromatic rings. The van der Waals surface area contributed by atoms with Crippen LogP contribution in [0.2, 0.25) is 0 Å². The van der Waals surface area contributed by atoms with Gasteiger partial charge in [-0.25, -0.2) is 13.4 Å². The Balaban J connectivity index is 2.02. The first kappa shape index (κ1) is 15.0. The molecule has 7 heteroatoms. The van der Waals surface area contributed by atoms with Gasteiger partial charge < -0.3 is 10.1 Å². The van der Waals surface area contributed by atoms with Crippen LogP contribution in [0.5, 0.6) is 0 Å². The molecule has 0 amide bonds. The van der Waals surface area contributed by atoms with Gasteiger partial charge in [0.25, 0.3) is 10.0 Å². The van der Waals surface area contributed by atoms with Gasteiger partial charge in [0.2, 0.25) is 0 Å². The first-order valence-corrected chi connectivity index (χ1v) is 7.87. The van der Waals surface area contributed by atoms with E-state index in [4.69, 9.17) is 4.74 Å². The number of benzene rings is 1. The first-order chi connectivity index (χ1) is 9.55. The summed E-state index contributed by atoms with van der Waals surface area (Å²) in [7, 11) is -1.84. The van der Waals surface area contributed by atoms with E-state index in [1.165, 1.54) is 10.6 Å². The second-order valence-electron chi connectivity index (χ2n) is 4.64. The number of aliphatic imine (C=N–C) groups is 1. The zero-order valence-electron chi connectivity index (χ0n) is 11.6. The third kappa shape index (κ3) is 3.17. The first-order valence-electron chi connectivity index (χ1n) is 6.43. The molecule has 1 atom stereocenters. The standard InChI is InChI=1S/C13H19N3O3S/c1-11(9-19-2)14-7-8-16-10-15-12-5-3-4-6-13(12)20(16,17)18/h3-6,10-11,14H,7-9H2,1-2H3. The molecular formula is C13H19N3O3S. The minimum atomic E-state index is -3.48. The van der Waals surface area contributed by atoms with E-state index in [1.807, 2.05) is 6.92 Å². The number of sulfonamides is 1. The predicted molar refractivity (Wildman–Crippen MR) is 77.8 cm³/mol. The molecule has 6 nitrogen and oxygen atoms in total. The zero-order valence-corrected chi connectivity index (χ0v) is 12.4. The molecule has 0 saturated heterocycles. The highest BCUT2D eigenvalue weighted by Crippen LogP contribution is 2.29. The molecule has 1 N–H and O–H groups in total. The highest BCUT2D eigenvalue weighted by Gasteiger charge is 2.27. The number of hydrogen-bond acceptors (Lipinski definition) is 5. The Labute approximate surface area is 119 Å². The van der Waals surface area contributed by atoms with Crippen molar-refractivity contribution in [1.82, 2.24) is 9.62 Å². The second kappa shape index (κ2) is 6.34. The molecule has 2 rings (SSSR count). The number of rotatable bonds is 6. The summed E-state index contributed by atoms with van der Waals surface area (Å²) < 4.78 is 31.1. The van der Waals surface area contributed by atoms with E-state index in [0.29, 0.717) is 25.4 Å². The molecular weight excluding hydrogens is 278 g/mol. The van der Waals surface area contributed by atoms with Crippen LogP contribution in [0.1, 0.15) is 6.92 Å². The molecule has 0 aliphatic carbocycles. The summed E-state index contributed by atoms with van der Waals surface area (Å²) in [6.45, 7) is 3.45. The van der Waals surface area contributed by atoms with Crippen molar-refractivity contribution in [3.63, 3.8) is 0 Å². The SMILES string of the molecule is COCC(C)NCCN1C=Nc2ccccc2S1(=O)=O. The Morgan fingerprint density at radius 3 is 2.90 bits per heavy atom. The van der Waals surface area contributed by atoms with Crippen LogP contribution >= 0.6 is 0 Å². The number of nitrogens with zero attached hydrogens (tertiary/aromatic N) is 2. The van der Waals surface area contributed by atoms with Gasteiger partial charge in [-0.3, -0.25) is 4.31 Å². The third-order valence-electron chi connectivity index (χ3n) is 3.02. The van der Waals surface area contributed by atoms with Crippen molar-refractivity contribution in [3.05, 3.63) is 24.3 Å². The number of hydrogen-bond donors (Lipinski definition) is 1. The Morgan fingerprint density at radius 1 is 1.40 bits per heavy atom. The van der Waals surface area contributed by atoms with Crippen LogP contribution in [0, 0.1) is 0 Å². The van der Waals surface area contributed by atoms with Crippen LogP contribution in [-0.4, -0.2) is 51.9 Å². The highest BCUT2D eigenvalue weighted by molar-refractivity contribution is 7.89. The fourth-order valence-corrected chi connectivity index (χ4v) is 3.40. The molecule has 0 spiro atoms. The van der Waals surface area contributed by atoms with Crippen LogP contribution in [0.25, 0.3) is 0 Å². The maximum atomic E-state index is 12.4. The molecule has 0 fully saturated rings. The quantitative estimate of drug-likeness (QED) is 0.849. The smallest absolute Gasteiger partial charge is 0.267 e. The van der Waals surface area contributed by atoms with Gasteiger partial charge in [-0.1, -0.05) is 12.1 Å². The molecule has 1 heterocycles. The zero-order chi connectivity index (χ0) is 14.6. The third-order valence-corrected chi connectivity index (χ3v) is 4.81. The molecule has 110 valence electrons. The number of ether oxygens (including phenoxy) is 1. The number of para-hydroxylation sites is 1. The maximum absolute atomic E-state index is 12.4. The van der Waals surface area contributed by atoms with Gasteiger partial charge >= 0.3 is 0 Å². The van der Waals surface area contributed by atoms with Gasteiger partial charge in [0.05, 0.1) is 12.3 Å². The van der Waals surface area contributed by atoms with Crippen molar-refractivity contribution in [2.75, 3.05) is 26.8 Å². The fraction of sp³-hybridized carbons (Fsp3) is 0.462. The summed E-state index contributed by atoms with van der Waals surface area (Å²) in [5, 5.41) is 3.20.